The quantitative estimate of drug-likeness (QED) is 0.773. The average Bonchev–Trinajstić information content (AvgIpc) is 2.30. The zero-order chi connectivity index (χ0) is 11.4. The van der Waals surface area contributed by atoms with E-state index in [0.29, 0.717) is 0 Å². The second-order valence-electron chi connectivity index (χ2n) is 5.72. The van der Waals surface area contributed by atoms with Crippen molar-refractivity contribution < 1.29 is 0 Å². The zero-order valence-electron chi connectivity index (χ0n) is 10.9. The fourth-order valence-corrected chi connectivity index (χ4v) is 3.19. The van der Waals surface area contributed by atoms with E-state index in [-0.39, 0.29) is 0 Å². The van der Waals surface area contributed by atoms with E-state index in [4.69, 9.17) is 0 Å². The third-order valence-electron chi connectivity index (χ3n) is 4.10. The molecule has 2 heterocycles. The highest BCUT2D eigenvalue weighted by Crippen LogP contribution is 2.22. The van der Waals surface area contributed by atoms with Gasteiger partial charge in [0.15, 0.2) is 0 Å². The van der Waals surface area contributed by atoms with Crippen LogP contribution in [0.3, 0.4) is 0 Å². The lowest BCUT2D eigenvalue weighted by Crippen LogP contribution is -2.47. The highest BCUT2D eigenvalue weighted by atomic mass is 15.2. The van der Waals surface area contributed by atoms with Crippen LogP contribution in [0.2, 0.25) is 0 Å². The fraction of sp³-hybridized carbons (Fsp3) is 1.00. The molecule has 2 fully saturated rings. The number of hydrogen-bond acceptors (Lipinski definition) is 3. The molecule has 94 valence electrons. The van der Waals surface area contributed by atoms with Gasteiger partial charge in [0.25, 0.3) is 0 Å². The van der Waals surface area contributed by atoms with Gasteiger partial charge in [-0.05, 0) is 71.9 Å². The summed E-state index contributed by atoms with van der Waals surface area (Å²) in [4.78, 5) is 5.08. The Hall–Kier alpha value is -0.120. The number of hydrogen-bond donors (Lipinski definition) is 1. The Morgan fingerprint density at radius 3 is 2.25 bits per heavy atom. The third kappa shape index (κ3) is 3.44. The number of rotatable bonds is 3. The molecule has 0 amide bonds. The Kier molecular flexibility index (Phi) is 4.62. The van der Waals surface area contributed by atoms with Crippen LogP contribution < -0.4 is 5.32 Å². The first-order valence-corrected chi connectivity index (χ1v) is 6.85. The van der Waals surface area contributed by atoms with Crippen molar-refractivity contribution in [1.82, 2.24) is 15.1 Å². The molecule has 2 aliphatic heterocycles. The first-order valence-electron chi connectivity index (χ1n) is 6.85. The van der Waals surface area contributed by atoms with Crippen molar-refractivity contribution in [2.75, 3.05) is 46.8 Å². The van der Waals surface area contributed by atoms with E-state index in [9.17, 15) is 0 Å². The lowest BCUT2D eigenvalue weighted by atomic mass is 9.93. The Balaban J connectivity index is 1.71. The molecule has 3 nitrogen and oxygen atoms in total. The van der Waals surface area contributed by atoms with Crippen LogP contribution in [0.15, 0.2) is 0 Å². The molecular weight excluding hydrogens is 198 g/mol. The summed E-state index contributed by atoms with van der Waals surface area (Å²) in [6, 6.07) is 0.876. The monoisotopic (exact) mass is 225 g/mol. The van der Waals surface area contributed by atoms with Gasteiger partial charge < -0.3 is 15.1 Å². The Bertz CT molecular complexity index is 191. The van der Waals surface area contributed by atoms with Gasteiger partial charge in [-0.2, -0.15) is 0 Å². The number of nitrogens with zero attached hydrogens (tertiary/aromatic N) is 2. The third-order valence-corrected chi connectivity index (χ3v) is 4.10. The Morgan fingerprint density at radius 2 is 1.69 bits per heavy atom. The van der Waals surface area contributed by atoms with Crippen molar-refractivity contribution in [3.8, 4) is 0 Å². The van der Waals surface area contributed by atoms with Gasteiger partial charge >= 0.3 is 0 Å². The topological polar surface area (TPSA) is 18.5 Å². The van der Waals surface area contributed by atoms with Crippen LogP contribution in [-0.2, 0) is 0 Å². The molecule has 0 aromatic heterocycles. The van der Waals surface area contributed by atoms with Crippen molar-refractivity contribution in [2.45, 2.75) is 31.7 Å². The molecule has 2 rings (SSSR count). The molecule has 2 saturated heterocycles. The summed E-state index contributed by atoms with van der Waals surface area (Å²) in [5.41, 5.74) is 0. The smallest absolute Gasteiger partial charge is 0.0119 e. The number of nitrogens with one attached hydrogen (secondary N) is 1. The summed E-state index contributed by atoms with van der Waals surface area (Å²) < 4.78 is 0. The molecule has 2 aliphatic rings. The lowest BCUT2D eigenvalue weighted by Gasteiger charge is -2.40. The van der Waals surface area contributed by atoms with Crippen LogP contribution in [0, 0.1) is 5.92 Å². The standard InChI is InChI=1S/C13H27N3/c1-15(2)11-12-5-9-16(10-6-12)13-3-7-14-8-4-13/h12-14H,3-11H2,1-2H3. The van der Waals surface area contributed by atoms with Gasteiger partial charge in [-0.15, -0.1) is 0 Å². The number of piperidine rings is 2. The Morgan fingerprint density at radius 1 is 1.06 bits per heavy atom. The van der Waals surface area contributed by atoms with E-state index in [0.717, 1.165) is 12.0 Å². The maximum Gasteiger partial charge on any atom is 0.0119 e. The SMILES string of the molecule is CN(C)CC1CCN(C2CCNCC2)CC1. The summed E-state index contributed by atoms with van der Waals surface area (Å²) in [5, 5.41) is 3.46. The lowest BCUT2D eigenvalue weighted by molar-refractivity contribution is 0.102. The first kappa shape index (κ1) is 12.3. The van der Waals surface area contributed by atoms with E-state index >= 15 is 0 Å². The normalized spacial score (nSPS) is 26.4. The van der Waals surface area contributed by atoms with Crippen molar-refractivity contribution in [2.24, 2.45) is 5.92 Å². The van der Waals surface area contributed by atoms with E-state index in [1.165, 1.54) is 58.4 Å². The molecule has 0 spiro atoms. The van der Waals surface area contributed by atoms with Crippen molar-refractivity contribution in [3.05, 3.63) is 0 Å². The highest BCUT2D eigenvalue weighted by molar-refractivity contribution is 4.82. The predicted molar refractivity (Wildman–Crippen MR) is 68.7 cm³/mol. The molecule has 3 heteroatoms. The van der Waals surface area contributed by atoms with Gasteiger partial charge in [-0.3, -0.25) is 0 Å². The molecule has 1 N–H and O–H groups in total. The molecule has 16 heavy (non-hydrogen) atoms. The number of likely N-dealkylation sites (tertiary alicyclic amines) is 1. The molecule has 0 aromatic carbocycles. The maximum atomic E-state index is 3.46. The summed E-state index contributed by atoms with van der Waals surface area (Å²) in [6.07, 6.45) is 5.53. The average molecular weight is 225 g/mol. The van der Waals surface area contributed by atoms with Crippen LogP contribution in [0.5, 0.6) is 0 Å². The van der Waals surface area contributed by atoms with Gasteiger partial charge in [-0.1, -0.05) is 0 Å². The van der Waals surface area contributed by atoms with Crippen LogP contribution in [0.25, 0.3) is 0 Å². The maximum absolute atomic E-state index is 3.46. The van der Waals surface area contributed by atoms with Gasteiger partial charge in [0.2, 0.25) is 0 Å². The molecule has 0 atom stereocenters. The van der Waals surface area contributed by atoms with E-state index in [1.54, 1.807) is 0 Å². The second kappa shape index (κ2) is 5.99. The van der Waals surface area contributed by atoms with E-state index < -0.39 is 0 Å². The van der Waals surface area contributed by atoms with Gasteiger partial charge in [0, 0.05) is 12.6 Å². The van der Waals surface area contributed by atoms with Crippen molar-refractivity contribution in [1.29, 1.82) is 0 Å². The minimum absolute atomic E-state index is 0.876. The van der Waals surface area contributed by atoms with Gasteiger partial charge in [-0.25, -0.2) is 0 Å². The molecule has 0 saturated carbocycles. The van der Waals surface area contributed by atoms with Crippen LogP contribution >= 0.6 is 0 Å². The Labute approximate surface area is 100 Å². The highest BCUT2D eigenvalue weighted by Gasteiger charge is 2.25. The molecular formula is C13H27N3. The summed E-state index contributed by atoms with van der Waals surface area (Å²) in [6.45, 7) is 6.40. The summed E-state index contributed by atoms with van der Waals surface area (Å²) in [7, 11) is 4.39. The molecule has 0 aliphatic carbocycles. The fourth-order valence-electron chi connectivity index (χ4n) is 3.19. The summed E-state index contributed by atoms with van der Waals surface area (Å²) in [5.74, 6) is 0.938. The minimum atomic E-state index is 0.876. The molecule has 0 unspecified atom stereocenters. The molecule has 0 radical (unpaired) electrons. The molecule has 0 aromatic rings. The zero-order valence-corrected chi connectivity index (χ0v) is 10.9. The van der Waals surface area contributed by atoms with Crippen molar-refractivity contribution in [3.63, 3.8) is 0 Å². The van der Waals surface area contributed by atoms with Crippen molar-refractivity contribution >= 4 is 0 Å². The molecule has 0 bridgehead atoms. The van der Waals surface area contributed by atoms with Crippen LogP contribution in [0.4, 0.5) is 0 Å². The van der Waals surface area contributed by atoms with E-state index in [1.807, 2.05) is 0 Å². The predicted octanol–water partition coefficient (Wildman–Crippen LogP) is 1.01. The van der Waals surface area contributed by atoms with Crippen LogP contribution in [0.1, 0.15) is 25.7 Å². The van der Waals surface area contributed by atoms with Gasteiger partial charge in [0.1, 0.15) is 0 Å². The van der Waals surface area contributed by atoms with Gasteiger partial charge in [0.05, 0.1) is 0 Å². The van der Waals surface area contributed by atoms with Crippen LogP contribution in [-0.4, -0.2) is 62.7 Å². The minimum Gasteiger partial charge on any atom is -0.317 e. The largest absolute Gasteiger partial charge is 0.317 e. The second-order valence-corrected chi connectivity index (χ2v) is 5.72. The first-order chi connectivity index (χ1) is 7.75. The van der Waals surface area contributed by atoms with E-state index in [2.05, 4.69) is 29.2 Å². The summed E-state index contributed by atoms with van der Waals surface area (Å²) >= 11 is 0.